The topological polar surface area (TPSA) is 69.2 Å². The minimum absolute atomic E-state index is 0. The molecule has 0 aromatic rings. The molecule has 0 aliphatic carbocycles. The number of hydrogen-bond acceptors (Lipinski definition) is 3. The van der Waals surface area contributed by atoms with Crippen molar-refractivity contribution in [2.45, 2.75) is 39.0 Å². The molecular formula is C7H15O3PSn. The third-order valence-electron chi connectivity index (χ3n) is 1.54. The van der Waals surface area contributed by atoms with Crippen molar-refractivity contribution in [3.05, 3.63) is 0 Å². The minimum Gasteiger partial charge on any atom is -0.688 e. The standard InChI is InChI=1S/C7H17O3P.Sn/c1-2-3-4-5-6-7-11(8,9)10;/h2-7H2,1H3,(H2,8,9,10);/q;+2/p-2. The number of rotatable bonds is 6. The van der Waals surface area contributed by atoms with Crippen LogP contribution < -0.4 is 14.7 Å². The van der Waals surface area contributed by atoms with E-state index < -0.39 is 7.94 Å². The van der Waals surface area contributed by atoms with Crippen molar-refractivity contribution < 1.29 is 14.7 Å². The summed E-state index contributed by atoms with van der Waals surface area (Å²) in [7, 11) is -4.21. The average molecular weight is 297 g/mol. The van der Waals surface area contributed by atoms with Gasteiger partial charge in [0.25, 0.3) is 0 Å². The van der Waals surface area contributed by atoms with Crippen molar-refractivity contribution in [1.82, 2.24) is 0 Å². The second-order valence-corrected chi connectivity index (χ2v) is 4.42. The molecule has 0 amide bonds. The van der Waals surface area contributed by atoms with Gasteiger partial charge in [0, 0.05) is 6.16 Å². The van der Waals surface area contributed by atoms with E-state index in [-0.39, 0.29) is 30.1 Å². The van der Waals surface area contributed by atoms with Gasteiger partial charge in [-0.15, -0.1) is 0 Å². The fourth-order valence-electron chi connectivity index (χ4n) is 0.909. The summed E-state index contributed by atoms with van der Waals surface area (Å²) >= 11 is 0. The Balaban J connectivity index is 0. The molecule has 0 aliphatic heterocycles. The molecular weight excluding hydrogens is 282 g/mol. The van der Waals surface area contributed by atoms with Crippen molar-refractivity contribution in [2.24, 2.45) is 0 Å². The van der Waals surface area contributed by atoms with Crippen LogP contribution in [0.15, 0.2) is 0 Å². The fraction of sp³-hybridized carbons (Fsp3) is 1.00. The third-order valence-corrected chi connectivity index (χ3v) is 2.40. The summed E-state index contributed by atoms with van der Waals surface area (Å²) in [5, 5.41) is 0. The van der Waals surface area contributed by atoms with Crippen LogP contribution in [0.4, 0.5) is 0 Å². The van der Waals surface area contributed by atoms with Gasteiger partial charge in [0.2, 0.25) is 0 Å². The van der Waals surface area contributed by atoms with Gasteiger partial charge >= 0.3 is 23.9 Å². The smallest absolute Gasteiger partial charge is 0.688 e. The van der Waals surface area contributed by atoms with E-state index in [1.165, 1.54) is 0 Å². The molecule has 12 heavy (non-hydrogen) atoms. The first-order chi connectivity index (χ1) is 5.06. The number of hydrogen-bond donors (Lipinski definition) is 0. The first-order valence-corrected chi connectivity index (χ1v) is 5.80. The quantitative estimate of drug-likeness (QED) is 0.374. The molecule has 0 saturated heterocycles. The second-order valence-electron chi connectivity index (χ2n) is 2.75. The van der Waals surface area contributed by atoms with Crippen LogP contribution in [0.5, 0.6) is 0 Å². The van der Waals surface area contributed by atoms with Crippen LogP contribution in [0, 0.1) is 0 Å². The predicted octanol–water partition coefficient (Wildman–Crippen LogP) is -0.580. The molecule has 0 spiro atoms. The van der Waals surface area contributed by atoms with Gasteiger partial charge in [-0.05, 0) is 12.8 Å². The van der Waals surface area contributed by atoms with Crippen LogP contribution in [0.25, 0.3) is 0 Å². The fourth-order valence-corrected chi connectivity index (χ4v) is 1.52. The van der Waals surface area contributed by atoms with E-state index in [9.17, 15) is 14.7 Å². The molecule has 2 radical (unpaired) electrons. The Morgan fingerprint density at radius 1 is 0.917 bits per heavy atom. The van der Waals surface area contributed by atoms with Crippen molar-refractivity contribution >= 4 is 31.9 Å². The Kier molecular flexibility index (Phi) is 11.3. The van der Waals surface area contributed by atoms with Gasteiger partial charge in [0.15, 0.2) is 0 Å². The SMILES string of the molecule is CCCCCCC[P+]([O-])([O-])[O-].[Sn+2]. The van der Waals surface area contributed by atoms with Crippen LogP contribution >= 0.6 is 7.94 Å². The summed E-state index contributed by atoms with van der Waals surface area (Å²) in [5.74, 6) is 0. The van der Waals surface area contributed by atoms with E-state index in [2.05, 4.69) is 6.92 Å². The van der Waals surface area contributed by atoms with Crippen molar-refractivity contribution in [1.29, 1.82) is 0 Å². The summed E-state index contributed by atoms with van der Waals surface area (Å²) in [5.41, 5.74) is 0. The Morgan fingerprint density at radius 3 is 1.83 bits per heavy atom. The van der Waals surface area contributed by atoms with E-state index in [4.69, 9.17) is 0 Å². The van der Waals surface area contributed by atoms with Crippen LogP contribution in [0.3, 0.4) is 0 Å². The molecule has 0 unspecified atom stereocenters. The zero-order chi connectivity index (χ0) is 8.74. The maximum atomic E-state index is 10.1. The Labute approximate surface area is 91.7 Å². The molecule has 0 aliphatic rings. The molecule has 0 aromatic carbocycles. The van der Waals surface area contributed by atoms with Crippen LogP contribution in [-0.2, 0) is 0 Å². The maximum Gasteiger partial charge on any atom is 2.00 e. The van der Waals surface area contributed by atoms with Gasteiger partial charge in [-0.2, -0.15) is 7.94 Å². The van der Waals surface area contributed by atoms with E-state index in [0.717, 1.165) is 25.7 Å². The molecule has 0 N–H and O–H groups in total. The molecule has 0 rings (SSSR count). The first-order valence-electron chi connectivity index (χ1n) is 4.07. The summed E-state index contributed by atoms with van der Waals surface area (Å²) in [4.78, 5) is 30.4. The molecule has 0 heterocycles. The Bertz CT molecular complexity index is 95.1. The summed E-state index contributed by atoms with van der Waals surface area (Å²) < 4.78 is 0. The van der Waals surface area contributed by atoms with E-state index >= 15 is 0 Å². The third kappa shape index (κ3) is 13.7. The summed E-state index contributed by atoms with van der Waals surface area (Å²) in [6.07, 6.45) is 4.52. The van der Waals surface area contributed by atoms with Gasteiger partial charge in [0.05, 0.1) is 0 Å². The normalized spacial score (nSPS) is 11.0. The van der Waals surface area contributed by atoms with Crippen LogP contribution in [0.1, 0.15) is 39.0 Å². The zero-order valence-corrected chi connectivity index (χ0v) is 11.2. The molecule has 3 nitrogen and oxygen atoms in total. The predicted molar refractivity (Wildman–Crippen MR) is 46.3 cm³/mol. The second kappa shape index (κ2) is 8.70. The summed E-state index contributed by atoms with van der Waals surface area (Å²) in [6, 6.07) is 0. The Morgan fingerprint density at radius 2 is 1.42 bits per heavy atom. The average Bonchev–Trinajstić information content (AvgIpc) is 1.85. The maximum absolute atomic E-state index is 10.1. The van der Waals surface area contributed by atoms with Crippen LogP contribution in [-0.4, -0.2) is 30.1 Å². The minimum atomic E-state index is -4.21. The van der Waals surface area contributed by atoms with E-state index in [1.807, 2.05) is 0 Å². The first kappa shape index (κ1) is 15.6. The van der Waals surface area contributed by atoms with Gasteiger partial charge in [-0.1, -0.05) is 26.2 Å². The monoisotopic (exact) mass is 298 g/mol. The molecule has 0 saturated carbocycles. The van der Waals surface area contributed by atoms with Crippen LogP contribution in [0.2, 0.25) is 0 Å². The Hall–Kier alpha value is 1.11. The van der Waals surface area contributed by atoms with E-state index in [1.54, 1.807) is 0 Å². The van der Waals surface area contributed by atoms with Gasteiger partial charge < -0.3 is 14.7 Å². The van der Waals surface area contributed by atoms with Gasteiger partial charge in [-0.25, -0.2) is 0 Å². The zero-order valence-electron chi connectivity index (χ0n) is 7.41. The molecule has 0 fully saturated rings. The van der Waals surface area contributed by atoms with E-state index in [0.29, 0.717) is 6.42 Å². The van der Waals surface area contributed by atoms with Crippen molar-refractivity contribution in [2.75, 3.05) is 6.16 Å². The molecule has 5 heteroatoms. The van der Waals surface area contributed by atoms with Crippen molar-refractivity contribution in [3.63, 3.8) is 0 Å². The molecule has 0 atom stereocenters. The largest absolute Gasteiger partial charge is 2.00 e. The van der Waals surface area contributed by atoms with Gasteiger partial charge in [-0.3, -0.25) is 0 Å². The molecule has 0 aromatic heterocycles. The van der Waals surface area contributed by atoms with Gasteiger partial charge in [0.1, 0.15) is 0 Å². The molecule has 0 bridgehead atoms. The number of unbranched alkanes of at least 4 members (excludes halogenated alkanes) is 4. The van der Waals surface area contributed by atoms with Crippen molar-refractivity contribution in [3.8, 4) is 0 Å². The molecule has 70 valence electrons. The summed E-state index contributed by atoms with van der Waals surface area (Å²) in [6.45, 7) is 2.09.